The molecule has 0 heterocycles. The van der Waals surface area contributed by atoms with Gasteiger partial charge >= 0.3 is 0 Å². The Morgan fingerprint density at radius 1 is 0.554 bits per heavy atom. The Hall–Kier alpha value is -6.55. The second-order valence-corrected chi connectivity index (χ2v) is 16.3. The first-order valence-corrected chi connectivity index (χ1v) is 20.2. The van der Waals surface area contributed by atoms with Gasteiger partial charge < -0.3 is 5.73 Å². The predicted molar refractivity (Wildman–Crippen MR) is 208 cm³/mol. The predicted octanol–water partition coefficient (Wildman–Crippen LogP) is 7.79. The van der Waals surface area contributed by atoms with Crippen molar-refractivity contribution >= 4 is 104 Å². The van der Waals surface area contributed by atoms with E-state index in [0.717, 1.165) is 18.2 Å². The number of hydrazone groups is 1. The van der Waals surface area contributed by atoms with Gasteiger partial charge in [-0.15, -0.1) is 15.3 Å². The molecule has 0 fully saturated rings. The molecule has 6 N–H and O–H groups in total. The second-order valence-electron chi connectivity index (χ2n) is 12.1. The summed E-state index contributed by atoms with van der Waals surface area (Å²) in [6, 6.07) is 26.1. The lowest BCUT2D eigenvalue weighted by atomic mass is 9.94. The highest BCUT2D eigenvalue weighted by Gasteiger charge is 2.33. The Labute approximate surface area is 317 Å². The van der Waals surface area contributed by atoms with Crippen LogP contribution in [0.15, 0.2) is 149 Å². The lowest BCUT2D eigenvalue weighted by molar-refractivity contribution is 0.106. The average molecular weight is 812 g/mol. The molecule has 0 radical (unpaired) electrons. The summed E-state index contributed by atoms with van der Waals surface area (Å²) in [4.78, 5) is 11.7. The number of nitrogens with one attached hydrogen (secondary N) is 1. The summed E-state index contributed by atoms with van der Waals surface area (Å²) < 4.78 is 102. The molecule has 0 unspecified atom stereocenters. The minimum absolute atomic E-state index is 0.0151. The summed E-state index contributed by atoms with van der Waals surface area (Å²) in [7, 11) is -14.3. The topological polar surface area (TPSA) is 280 Å². The van der Waals surface area contributed by atoms with Gasteiger partial charge in [-0.3, -0.25) is 23.9 Å². The van der Waals surface area contributed by atoms with Gasteiger partial charge in [-0.2, -0.15) is 35.5 Å². The second kappa shape index (κ2) is 14.3. The van der Waals surface area contributed by atoms with Gasteiger partial charge in [0.15, 0.2) is 5.71 Å². The number of rotatable bonds is 9. The standard InChI is InChI=1S/C36H25N7O10S3/c37-21-7-6-20-16-34(56(51,52)53)35(36(44)27(20)17-21)43-42-33-15-13-31(26-11-9-24(19-29(26)33)55(48,49)50)41-40-30-12-14-32(39-38-22-4-2-1-3-5-22)28-18-23(54(45,46)47)8-10-25(28)30/h1-19,42H,37H2,(H,45,46,47)(H,48,49,50)(H,51,52,53)/b39-38?,41-40?,43-35+. The maximum Gasteiger partial charge on any atom is 0.296 e. The van der Waals surface area contributed by atoms with Crippen molar-refractivity contribution < 1.29 is 43.7 Å². The number of hydrogen-bond acceptors (Lipinski definition) is 14. The van der Waals surface area contributed by atoms with E-state index in [9.17, 15) is 43.7 Å². The zero-order chi connectivity index (χ0) is 40.0. The van der Waals surface area contributed by atoms with Crippen molar-refractivity contribution in [3.63, 3.8) is 0 Å². The molecule has 0 saturated heterocycles. The van der Waals surface area contributed by atoms with Crippen LogP contribution in [0.2, 0.25) is 0 Å². The normalized spacial score (nSPS) is 14.5. The number of ketones is 1. The number of azo groups is 2. The molecule has 20 heteroatoms. The van der Waals surface area contributed by atoms with Crippen molar-refractivity contribution in [2.45, 2.75) is 9.79 Å². The third-order valence-corrected chi connectivity index (χ3v) is 11.0. The number of carbonyl (C=O) groups is 1. The Morgan fingerprint density at radius 2 is 1.11 bits per heavy atom. The Balaban J connectivity index is 1.32. The fourth-order valence-electron chi connectivity index (χ4n) is 5.77. The highest BCUT2D eigenvalue weighted by molar-refractivity contribution is 7.91. The minimum atomic E-state index is -4.97. The zero-order valence-corrected chi connectivity index (χ0v) is 30.7. The van der Waals surface area contributed by atoms with Crippen molar-refractivity contribution in [1.29, 1.82) is 0 Å². The minimum Gasteiger partial charge on any atom is -0.399 e. The molecular weight excluding hydrogens is 787 g/mol. The van der Waals surface area contributed by atoms with Gasteiger partial charge in [-0.1, -0.05) is 36.4 Å². The maximum atomic E-state index is 13.4. The number of benzene rings is 6. The highest BCUT2D eigenvalue weighted by Crippen LogP contribution is 2.39. The number of anilines is 2. The van der Waals surface area contributed by atoms with E-state index in [1.165, 1.54) is 60.7 Å². The lowest BCUT2D eigenvalue weighted by Gasteiger charge is -2.17. The van der Waals surface area contributed by atoms with E-state index in [1.54, 1.807) is 36.4 Å². The molecule has 0 bridgehead atoms. The summed E-state index contributed by atoms with van der Waals surface area (Å²) >= 11 is 0. The first-order valence-electron chi connectivity index (χ1n) is 15.9. The van der Waals surface area contributed by atoms with Crippen molar-refractivity contribution in [2.75, 3.05) is 11.2 Å². The largest absolute Gasteiger partial charge is 0.399 e. The molecule has 6 aromatic rings. The molecule has 6 aromatic carbocycles. The van der Waals surface area contributed by atoms with Crippen molar-refractivity contribution in [3.05, 3.63) is 125 Å². The van der Waals surface area contributed by atoms with Crippen molar-refractivity contribution in [3.8, 4) is 0 Å². The molecule has 0 atom stereocenters. The molecule has 17 nitrogen and oxygen atoms in total. The van der Waals surface area contributed by atoms with E-state index in [4.69, 9.17) is 5.73 Å². The molecular formula is C36H25N7O10S3. The number of carbonyl (C=O) groups excluding carboxylic acids is 1. The summed E-state index contributed by atoms with van der Waals surface area (Å²) in [6.07, 6.45) is 1.05. The van der Waals surface area contributed by atoms with Gasteiger partial charge in [0.05, 0.1) is 38.2 Å². The molecule has 0 amide bonds. The van der Waals surface area contributed by atoms with E-state index in [-0.39, 0.29) is 55.7 Å². The van der Waals surface area contributed by atoms with Crippen LogP contribution in [-0.4, -0.2) is 50.4 Å². The quantitative estimate of drug-likeness (QED) is 0.0405. The van der Waals surface area contributed by atoms with Gasteiger partial charge in [0.1, 0.15) is 4.91 Å². The van der Waals surface area contributed by atoms with E-state index >= 15 is 0 Å². The Bertz CT molecular complexity index is 3110. The highest BCUT2D eigenvalue weighted by atomic mass is 32.2. The monoisotopic (exact) mass is 811 g/mol. The van der Waals surface area contributed by atoms with E-state index in [1.807, 2.05) is 0 Å². The van der Waals surface area contributed by atoms with Crippen LogP contribution in [0.1, 0.15) is 15.9 Å². The third kappa shape index (κ3) is 7.68. The fourth-order valence-corrected chi connectivity index (χ4v) is 7.44. The van der Waals surface area contributed by atoms with E-state index < -0.39 is 56.5 Å². The lowest BCUT2D eigenvalue weighted by Crippen LogP contribution is -2.27. The summed E-state index contributed by atoms with van der Waals surface area (Å²) in [5.41, 5.74) is 9.30. The summed E-state index contributed by atoms with van der Waals surface area (Å²) in [5.74, 6) is -0.883. The summed E-state index contributed by atoms with van der Waals surface area (Å²) in [5, 5.41) is 22.2. The average Bonchev–Trinajstić information content (AvgIpc) is 3.15. The third-order valence-electron chi connectivity index (χ3n) is 8.42. The van der Waals surface area contributed by atoms with Crippen LogP contribution in [-0.2, 0) is 30.4 Å². The molecule has 0 aromatic heterocycles. The molecule has 7 rings (SSSR count). The van der Waals surface area contributed by atoms with Gasteiger partial charge in [0, 0.05) is 32.8 Å². The molecule has 1 aliphatic rings. The zero-order valence-electron chi connectivity index (χ0n) is 28.2. The van der Waals surface area contributed by atoms with Crippen LogP contribution in [0.4, 0.5) is 34.1 Å². The van der Waals surface area contributed by atoms with Crippen LogP contribution in [0.25, 0.3) is 27.6 Å². The SMILES string of the molecule is Nc1ccc2c(c1)C(=O)/C(=N/Nc1ccc(N=Nc3ccc(N=Nc4ccccc4)c4cc(S(=O)(=O)O)ccc34)c3ccc(S(=O)(=O)O)cc13)C(S(=O)(=O)O)=C2. The number of nitrogens with two attached hydrogens (primary N) is 1. The number of hydrogen-bond donors (Lipinski definition) is 5. The Morgan fingerprint density at radius 3 is 1.71 bits per heavy atom. The van der Waals surface area contributed by atoms with E-state index in [2.05, 4.69) is 31.0 Å². The van der Waals surface area contributed by atoms with Crippen LogP contribution in [0.3, 0.4) is 0 Å². The number of Topliss-reactive ketones (excluding diaryl/α,β-unsaturated/α-hetero) is 1. The molecule has 0 aliphatic heterocycles. The van der Waals surface area contributed by atoms with Crippen LogP contribution in [0, 0.1) is 0 Å². The van der Waals surface area contributed by atoms with Crippen LogP contribution < -0.4 is 11.2 Å². The Kier molecular flexibility index (Phi) is 9.62. The molecule has 56 heavy (non-hydrogen) atoms. The van der Waals surface area contributed by atoms with E-state index in [0.29, 0.717) is 11.1 Å². The first-order chi connectivity index (χ1) is 26.5. The van der Waals surface area contributed by atoms with Crippen molar-refractivity contribution in [2.24, 2.45) is 25.6 Å². The summed E-state index contributed by atoms with van der Waals surface area (Å²) in [6.45, 7) is 0. The first kappa shape index (κ1) is 37.8. The molecule has 1 aliphatic carbocycles. The smallest absolute Gasteiger partial charge is 0.296 e. The fraction of sp³-hybridized carbons (Fsp3) is 0. The molecule has 282 valence electrons. The number of nitrogens with zero attached hydrogens (tertiary/aromatic N) is 5. The molecule has 0 saturated carbocycles. The van der Waals surface area contributed by atoms with Crippen LogP contribution >= 0.6 is 0 Å². The van der Waals surface area contributed by atoms with Gasteiger partial charge in [-0.25, -0.2) is 0 Å². The number of fused-ring (bicyclic) bond motifs is 3. The maximum absolute atomic E-state index is 13.4. The van der Waals surface area contributed by atoms with Crippen LogP contribution in [0.5, 0.6) is 0 Å². The van der Waals surface area contributed by atoms with Gasteiger partial charge in [0.25, 0.3) is 30.4 Å². The van der Waals surface area contributed by atoms with Gasteiger partial charge in [-0.05, 0) is 84.4 Å². The number of allylic oxidation sites excluding steroid dienone is 1. The van der Waals surface area contributed by atoms with Crippen molar-refractivity contribution in [1.82, 2.24) is 0 Å². The van der Waals surface area contributed by atoms with Gasteiger partial charge in [0.2, 0.25) is 5.78 Å². The molecule has 0 spiro atoms. The number of nitrogen functional groups attached to an aromatic ring is 1.